The number of halogens is 1. The number of thiocarbonyl (C=S) groups is 1. The van der Waals surface area contributed by atoms with Crippen LogP contribution in [0.4, 0.5) is 11.4 Å². The molecule has 0 unspecified atom stereocenters. The lowest BCUT2D eigenvalue weighted by Gasteiger charge is -2.10. The second-order valence-corrected chi connectivity index (χ2v) is 4.47. The van der Waals surface area contributed by atoms with Crippen molar-refractivity contribution in [3.63, 3.8) is 0 Å². The number of nitro benzene ring substituents is 1. The van der Waals surface area contributed by atoms with Crippen LogP contribution >= 0.6 is 23.8 Å². The third kappa shape index (κ3) is 4.46. The van der Waals surface area contributed by atoms with E-state index < -0.39 is 4.92 Å². The predicted molar refractivity (Wildman–Crippen MR) is 77.2 cm³/mol. The number of unbranched alkanes of at least 4 members (excludes halogenated alkanes) is 1. The number of anilines is 1. The summed E-state index contributed by atoms with van der Waals surface area (Å²) in [6.07, 6.45) is 2.09. The van der Waals surface area contributed by atoms with Crippen LogP contribution in [0.3, 0.4) is 0 Å². The molecule has 0 aliphatic rings. The Balaban J connectivity index is 2.65. The molecule has 0 amide bonds. The van der Waals surface area contributed by atoms with Crippen LogP contribution in [-0.2, 0) is 0 Å². The number of nitro groups is 1. The largest absolute Gasteiger partial charge is 0.362 e. The number of nitrogens with one attached hydrogen (secondary N) is 2. The van der Waals surface area contributed by atoms with E-state index in [2.05, 4.69) is 17.6 Å². The molecule has 0 fully saturated rings. The monoisotopic (exact) mass is 287 g/mol. The molecule has 7 heteroatoms. The molecule has 1 rings (SSSR count). The minimum Gasteiger partial charge on any atom is -0.362 e. The quantitative estimate of drug-likeness (QED) is 0.376. The summed E-state index contributed by atoms with van der Waals surface area (Å²) in [7, 11) is 0. The zero-order valence-electron chi connectivity index (χ0n) is 9.90. The smallest absolute Gasteiger partial charge is 0.289 e. The van der Waals surface area contributed by atoms with Gasteiger partial charge in [-0.3, -0.25) is 10.1 Å². The molecule has 0 atom stereocenters. The zero-order valence-corrected chi connectivity index (χ0v) is 11.5. The molecule has 0 aliphatic carbocycles. The van der Waals surface area contributed by atoms with Crippen molar-refractivity contribution in [1.29, 1.82) is 0 Å². The topological polar surface area (TPSA) is 67.2 Å². The Morgan fingerprint density at radius 2 is 2.28 bits per heavy atom. The molecule has 0 radical (unpaired) electrons. The van der Waals surface area contributed by atoms with Crippen molar-refractivity contribution in [2.75, 3.05) is 11.9 Å². The predicted octanol–water partition coefficient (Wildman–Crippen LogP) is 3.33. The first-order valence-corrected chi connectivity index (χ1v) is 6.32. The molecule has 98 valence electrons. The highest BCUT2D eigenvalue weighted by Gasteiger charge is 2.12. The molecule has 0 aliphatic heterocycles. The molecule has 0 spiro atoms. The summed E-state index contributed by atoms with van der Waals surface area (Å²) >= 11 is 10.8. The van der Waals surface area contributed by atoms with Crippen LogP contribution in [0.25, 0.3) is 0 Å². The Morgan fingerprint density at radius 3 is 2.89 bits per heavy atom. The van der Waals surface area contributed by atoms with E-state index in [-0.39, 0.29) is 10.7 Å². The van der Waals surface area contributed by atoms with Crippen molar-refractivity contribution in [1.82, 2.24) is 5.32 Å². The van der Waals surface area contributed by atoms with Crippen LogP contribution in [0.15, 0.2) is 18.2 Å². The lowest BCUT2D eigenvalue weighted by atomic mass is 10.3. The second-order valence-electron chi connectivity index (χ2n) is 3.66. The lowest BCUT2D eigenvalue weighted by molar-refractivity contribution is -0.384. The van der Waals surface area contributed by atoms with Gasteiger partial charge in [0.15, 0.2) is 5.11 Å². The third-order valence-electron chi connectivity index (χ3n) is 2.22. The molecule has 18 heavy (non-hydrogen) atoms. The SMILES string of the molecule is CCCCNC(=S)Nc1ccc(Cl)c([N+](=O)[O-])c1. The van der Waals surface area contributed by atoms with E-state index in [1.165, 1.54) is 12.1 Å². The Labute approximate surface area is 116 Å². The van der Waals surface area contributed by atoms with Crippen molar-refractivity contribution in [2.45, 2.75) is 19.8 Å². The number of hydrogen-bond acceptors (Lipinski definition) is 3. The first-order chi connectivity index (χ1) is 8.54. The number of nitrogens with zero attached hydrogens (tertiary/aromatic N) is 1. The van der Waals surface area contributed by atoms with Gasteiger partial charge in [-0.15, -0.1) is 0 Å². The number of hydrogen-bond donors (Lipinski definition) is 2. The fourth-order valence-electron chi connectivity index (χ4n) is 1.28. The molecule has 0 aromatic heterocycles. The van der Waals surface area contributed by atoms with Crippen LogP contribution in [0, 0.1) is 10.1 Å². The van der Waals surface area contributed by atoms with Gasteiger partial charge in [0.2, 0.25) is 0 Å². The van der Waals surface area contributed by atoms with Gasteiger partial charge in [-0.2, -0.15) is 0 Å². The van der Waals surface area contributed by atoms with Crippen LogP contribution in [0.5, 0.6) is 0 Å². The van der Waals surface area contributed by atoms with Crippen molar-refractivity contribution >= 4 is 40.3 Å². The van der Waals surface area contributed by atoms with E-state index in [1.807, 2.05) is 0 Å². The highest BCUT2D eigenvalue weighted by atomic mass is 35.5. The van der Waals surface area contributed by atoms with Crippen LogP contribution in [-0.4, -0.2) is 16.6 Å². The molecule has 0 saturated carbocycles. The first kappa shape index (κ1) is 14.7. The highest BCUT2D eigenvalue weighted by molar-refractivity contribution is 7.80. The molecule has 2 N–H and O–H groups in total. The minimum atomic E-state index is -0.527. The van der Waals surface area contributed by atoms with Gasteiger partial charge >= 0.3 is 0 Å². The highest BCUT2D eigenvalue weighted by Crippen LogP contribution is 2.27. The van der Waals surface area contributed by atoms with Gasteiger partial charge in [-0.05, 0) is 30.8 Å². The summed E-state index contributed by atoms with van der Waals surface area (Å²) in [4.78, 5) is 10.2. The minimum absolute atomic E-state index is 0.107. The van der Waals surface area contributed by atoms with Gasteiger partial charge in [0, 0.05) is 18.3 Å². The normalized spacial score (nSPS) is 9.89. The Kier molecular flexibility index (Phi) is 5.80. The van der Waals surface area contributed by atoms with Crippen molar-refractivity contribution in [3.05, 3.63) is 33.3 Å². The number of rotatable bonds is 5. The molecular weight excluding hydrogens is 274 g/mol. The molecule has 5 nitrogen and oxygen atoms in total. The van der Waals surface area contributed by atoms with Crippen LogP contribution in [0.2, 0.25) is 5.02 Å². The van der Waals surface area contributed by atoms with E-state index in [9.17, 15) is 10.1 Å². The Morgan fingerprint density at radius 1 is 1.56 bits per heavy atom. The molecule has 1 aromatic rings. The van der Waals surface area contributed by atoms with E-state index in [0.717, 1.165) is 19.4 Å². The summed E-state index contributed by atoms with van der Waals surface area (Å²) in [5.74, 6) is 0. The standard InChI is InChI=1S/C11H14ClN3O2S/c1-2-3-6-13-11(18)14-8-4-5-9(12)10(7-8)15(16)17/h4-5,7H,2-3,6H2,1H3,(H2,13,14,18). The average Bonchev–Trinajstić information content (AvgIpc) is 2.31. The van der Waals surface area contributed by atoms with Gasteiger partial charge < -0.3 is 10.6 Å². The molecule has 0 heterocycles. The van der Waals surface area contributed by atoms with E-state index in [4.69, 9.17) is 23.8 Å². The van der Waals surface area contributed by atoms with Gasteiger partial charge in [0.25, 0.3) is 5.69 Å². The van der Waals surface area contributed by atoms with Gasteiger partial charge in [-0.1, -0.05) is 24.9 Å². The maximum atomic E-state index is 10.7. The summed E-state index contributed by atoms with van der Waals surface area (Å²) in [5, 5.41) is 17.2. The van der Waals surface area contributed by atoms with Gasteiger partial charge in [0.1, 0.15) is 5.02 Å². The Hall–Kier alpha value is -1.40. The lowest BCUT2D eigenvalue weighted by Crippen LogP contribution is -2.29. The number of benzene rings is 1. The summed E-state index contributed by atoms with van der Waals surface area (Å²) < 4.78 is 0. The maximum Gasteiger partial charge on any atom is 0.289 e. The molecule has 1 aromatic carbocycles. The van der Waals surface area contributed by atoms with Crippen molar-refractivity contribution in [3.8, 4) is 0 Å². The molecule has 0 bridgehead atoms. The van der Waals surface area contributed by atoms with Crippen LogP contribution < -0.4 is 10.6 Å². The first-order valence-electron chi connectivity index (χ1n) is 5.53. The van der Waals surface area contributed by atoms with E-state index >= 15 is 0 Å². The summed E-state index contributed by atoms with van der Waals surface area (Å²) in [6.45, 7) is 2.86. The van der Waals surface area contributed by atoms with Gasteiger partial charge in [0.05, 0.1) is 4.92 Å². The maximum absolute atomic E-state index is 10.7. The summed E-state index contributed by atoms with van der Waals surface area (Å²) in [6, 6.07) is 4.47. The van der Waals surface area contributed by atoms with Crippen molar-refractivity contribution in [2.24, 2.45) is 0 Å². The second kappa shape index (κ2) is 7.13. The van der Waals surface area contributed by atoms with Crippen LogP contribution in [0.1, 0.15) is 19.8 Å². The third-order valence-corrected chi connectivity index (χ3v) is 2.78. The molecule has 0 saturated heterocycles. The van der Waals surface area contributed by atoms with Crippen molar-refractivity contribution < 1.29 is 4.92 Å². The van der Waals surface area contributed by atoms with E-state index in [0.29, 0.717) is 10.8 Å². The Bertz CT molecular complexity index is 454. The molecular formula is C11H14ClN3O2S. The fraction of sp³-hybridized carbons (Fsp3) is 0.364. The zero-order chi connectivity index (χ0) is 13.5. The fourth-order valence-corrected chi connectivity index (χ4v) is 1.69. The van der Waals surface area contributed by atoms with Gasteiger partial charge in [-0.25, -0.2) is 0 Å². The van der Waals surface area contributed by atoms with E-state index in [1.54, 1.807) is 6.07 Å². The summed E-state index contributed by atoms with van der Waals surface area (Å²) in [5.41, 5.74) is 0.401. The average molecular weight is 288 g/mol.